The molecule has 0 radical (unpaired) electrons. The Balaban J connectivity index is 1.74. The second kappa shape index (κ2) is 3.38. The zero-order valence-electron chi connectivity index (χ0n) is 11.1. The van der Waals surface area contributed by atoms with Gasteiger partial charge in [-0.05, 0) is 45.4 Å². The summed E-state index contributed by atoms with van der Waals surface area (Å²) in [6.07, 6.45) is 9.11. The van der Waals surface area contributed by atoms with E-state index in [4.69, 9.17) is 9.47 Å². The number of aliphatic hydroxyl groups excluding tert-OH is 1. The third kappa shape index (κ3) is 1.36. The molecule has 0 aromatic heterocycles. The van der Waals surface area contributed by atoms with Crippen LogP contribution in [0.5, 0.6) is 0 Å². The van der Waals surface area contributed by atoms with Gasteiger partial charge in [-0.2, -0.15) is 0 Å². The second-order valence-corrected chi connectivity index (χ2v) is 7.02. The standard InChI is InChI=1S/C15H22O3/c1-14(2)17-12-9-3-5-15(13(12)18-14)6-4-11(16)8-10(15)7-9/h3,5,9-13,16H,4,6-8H2,1-2H3. The molecule has 5 aliphatic rings. The van der Waals surface area contributed by atoms with E-state index in [-0.39, 0.29) is 23.7 Å². The van der Waals surface area contributed by atoms with Crippen LogP contribution in [-0.4, -0.2) is 29.2 Å². The zero-order valence-corrected chi connectivity index (χ0v) is 11.1. The minimum absolute atomic E-state index is 0.109. The molecule has 1 spiro atoms. The fourth-order valence-corrected chi connectivity index (χ4v) is 4.76. The normalized spacial score (nSPS) is 56.3. The Morgan fingerprint density at radius 2 is 2.06 bits per heavy atom. The van der Waals surface area contributed by atoms with Gasteiger partial charge in [0.15, 0.2) is 5.79 Å². The van der Waals surface area contributed by atoms with Crippen LogP contribution in [-0.2, 0) is 9.47 Å². The maximum absolute atomic E-state index is 9.92. The molecule has 1 N–H and O–H groups in total. The molecule has 3 heteroatoms. The molecule has 0 aromatic carbocycles. The van der Waals surface area contributed by atoms with Crippen LogP contribution >= 0.6 is 0 Å². The van der Waals surface area contributed by atoms with Crippen molar-refractivity contribution in [3.63, 3.8) is 0 Å². The fourth-order valence-electron chi connectivity index (χ4n) is 4.76. The van der Waals surface area contributed by atoms with Crippen LogP contribution in [0.2, 0.25) is 0 Å². The maximum atomic E-state index is 9.92. The summed E-state index contributed by atoms with van der Waals surface area (Å²) in [5, 5.41) is 9.92. The summed E-state index contributed by atoms with van der Waals surface area (Å²) in [6, 6.07) is 0. The van der Waals surface area contributed by atoms with Crippen molar-refractivity contribution in [3.05, 3.63) is 12.2 Å². The van der Waals surface area contributed by atoms with Crippen molar-refractivity contribution >= 4 is 0 Å². The molecule has 1 aliphatic heterocycles. The van der Waals surface area contributed by atoms with Crippen molar-refractivity contribution in [1.29, 1.82) is 0 Å². The van der Waals surface area contributed by atoms with Crippen molar-refractivity contribution in [2.45, 2.75) is 63.6 Å². The molecule has 5 rings (SSSR count). The average Bonchev–Trinajstić information content (AvgIpc) is 2.66. The predicted molar refractivity (Wildman–Crippen MR) is 66.9 cm³/mol. The molecular formula is C15H22O3. The lowest BCUT2D eigenvalue weighted by Gasteiger charge is -2.56. The smallest absolute Gasteiger partial charge is 0.163 e. The van der Waals surface area contributed by atoms with Gasteiger partial charge in [0, 0.05) is 11.3 Å². The van der Waals surface area contributed by atoms with E-state index in [9.17, 15) is 5.11 Å². The van der Waals surface area contributed by atoms with Gasteiger partial charge in [-0.15, -0.1) is 0 Å². The van der Waals surface area contributed by atoms with Gasteiger partial charge < -0.3 is 14.6 Å². The number of ether oxygens (including phenoxy) is 2. The molecule has 4 aliphatic carbocycles. The van der Waals surface area contributed by atoms with Crippen LogP contribution in [0.4, 0.5) is 0 Å². The molecule has 6 atom stereocenters. The maximum Gasteiger partial charge on any atom is 0.163 e. The molecule has 3 nitrogen and oxygen atoms in total. The molecular weight excluding hydrogens is 228 g/mol. The molecule has 1 heterocycles. The highest BCUT2D eigenvalue weighted by molar-refractivity contribution is 5.24. The average molecular weight is 250 g/mol. The molecule has 3 fully saturated rings. The van der Waals surface area contributed by atoms with Crippen molar-refractivity contribution in [3.8, 4) is 0 Å². The van der Waals surface area contributed by atoms with Gasteiger partial charge in [-0.1, -0.05) is 12.2 Å². The first-order valence-electron chi connectivity index (χ1n) is 7.23. The zero-order chi connectivity index (χ0) is 12.5. The number of hydrogen-bond acceptors (Lipinski definition) is 3. The third-order valence-corrected chi connectivity index (χ3v) is 5.52. The topological polar surface area (TPSA) is 38.7 Å². The first-order chi connectivity index (χ1) is 8.50. The van der Waals surface area contributed by atoms with E-state index >= 15 is 0 Å². The second-order valence-electron chi connectivity index (χ2n) is 7.02. The van der Waals surface area contributed by atoms with E-state index < -0.39 is 5.79 Å². The molecule has 1 saturated heterocycles. The Morgan fingerprint density at radius 3 is 2.89 bits per heavy atom. The lowest BCUT2D eigenvalue weighted by Crippen LogP contribution is -2.58. The van der Waals surface area contributed by atoms with E-state index in [0.717, 1.165) is 25.7 Å². The highest BCUT2D eigenvalue weighted by Crippen LogP contribution is 2.61. The summed E-state index contributed by atoms with van der Waals surface area (Å²) < 4.78 is 12.3. The van der Waals surface area contributed by atoms with Gasteiger partial charge in [0.1, 0.15) is 0 Å². The summed E-state index contributed by atoms with van der Waals surface area (Å²) in [6.45, 7) is 4.04. The van der Waals surface area contributed by atoms with Gasteiger partial charge in [0.25, 0.3) is 0 Å². The molecule has 100 valence electrons. The number of rotatable bonds is 0. The van der Waals surface area contributed by atoms with Crippen molar-refractivity contribution < 1.29 is 14.6 Å². The van der Waals surface area contributed by atoms with Crippen molar-refractivity contribution in [1.82, 2.24) is 0 Å². The van der Waals surface area contributed by atoms with E-state index in [1.807, 2.05) is 13.8 Å². The van der Waals surface area contributed by atoms with Crippen LogP contribution in [0.1, 0.15) is 39.5 Å². The number of aliphatic hydroxyl groups is 1. The van der Waals surface area contributed by atoms with E-state index in [2.05, 4.69) is 12.2 Å². The number of hydrogen-bond donors (Lipinski definition) is 1. The van der Waals surface area contributed by atoms with Gasteiger partial charge in [-0.25, -0.2) is 0 Å². The van der Waals surface area contributed by atoms with Gasteiger partial charge in [0.2, 0.25) is 0 Å². The molecule has 0 amide bonds. The minimum atomic E-state index is -0.447. The Hall–Kier alpha value is -0.380. The van der Waals surface area contributed by atoms with E-state index in [1.165, 1.54) is 0 Å². The van der Waals surface area contributed by atoms with Crippen molar-refractivity contribution in [2.24, 2.45) is 17.3 Å². The summed E-state index contributed by atoms with van der Waals surface area (Å²) in [5.74, 6) is 0.612. The van der Waals surface area contributed by atoms with Gasteiger partial charge in [-0.3, -0.25) is 0 Å². The molecule has 0 aromatic rings. The van der Waals surface area contributed by atoms with Crippen LogP contribution in [0.15, 0.2) is 12.2 Å². The first kappa shape index (κ1) is 11.4. The lowest BCUT2D eigenvalue weighted by atomic mass is 9.51. The quantitative estimate of drug-likeness (QED) is 0.670. The van der Waals surface area contributed by atoms with Gasteiger partial charge >= 0.3 is 0 Å². The van der Waals surface area contributed by atoms with Crippen LogP contribution in [0.25, 0.3) is 0 Å². The fraction of sp³-hybridized carbons (Fsp3) is 0.867. The molecule has 2 bridgehead atoms. The largest absolute Gasteiger partial charge is 0.393 e. The highest BCUT2D eigenvalue weighted by atomic mass is 16.8. The van der Waals surface area contributed by atoms with Gasteiger partial charge in [0.05, 0.1) is 18.3 Å². The first-order valence-corrected chi connectivity index (χ1v) is 7.23. The predicted octanol–water partition coefficient (Wildman–Crippen LogP) is 2.24. The monoisotopic (exact) mass is 250 g/mol. The van der Waals surface area contributed by atoms with E-state index in [0.29, 0.717) is 11.8 Å². The third-order valence-electron chi connectivity index (χ3n) is 5.52. The minimum Gasteiger partial charge on any atom is -0.393 e. The summed E-state index contributed by atoms with van der Waals surface area (Å²) in [5.41, 5.74) is 0.131. The SMILES string of the molecule is CC1(C)OC2C3C=CC4(CCC(O)CC4C3)C2O1. The van der Waals surface area contributed by atoms with Crippen LogP contribution in [0.3, 0.4) is 0 Å². The molecule has 6 unspecified atom stereocenters. The van der Waals surface area contributed by atoms with Crippen LogP contribution < -0.4 is 0 Å². The highest BCUT2D eigenvalue weighted by Gasteiger charge is 2.63. The summed E-state index contributed by atoms with van der Waals surface area (Å²) >= 11 is 0. The summed E-state index contributed by atoms with van der Waals surface area (Å²) in [4.78, 5) is 0. The van der Waals surface area contributed by atoms with Crippen molar-refractivity contribution in [2.75, 3.05) is 0 Å². The molecule has 18 heavy (non-hydrogen) atoms. The lowest BCUT2D eigenvalue weighted by molar-refractivity contribution is -0.159. The van der Waals surface area contributed by atoms with E-state index in [1.54, 1.807) is 0 Å². The Labute approximate surface area is 108 Å². The summed E-state index contributed by atoms with van der Waals surface area (Å²) in [7, 11) is 0. The Morgan fingerprint density at radius 1 is 1.22 bits per heavy atom. The van der Waals surface area contributed by atoms with Crippen LogP contribution in [0, 0.1) is 17.3 Å². The Kier molecular flexibility index (Phi) is 2.15. The molecule has 2 saturated carbocycles. The Bertz CT molecular complexity index is 403.